The highest BCUT2D eigenvalue weighted by atomic mass is 32.2. The Labute approximate surface area is 153 Å². The molecule has 0 radical (unpaired) electrons. The van der Waals surface area contributed by atoms with E-state index >= 15 is 0 Å². The second kappa shape index (κ2) is 7.84. The van der Waals surface area contributed by atoms with Crippen LogP contribution in [0.4, 0.5) is 5.69 Å². The van der Waals surface area contributed by atoms with Gasteiger partial charge < -0.3 is 4.74 Å². The van der Waals surface area contributed by atoms with Crippen LogP contribution in [0.5, 0.6) is 5.75 Å². The van der Waals surface area contributed by atoms with Gasteiger partial charge in [-0.3, -0.25) is 9.71 Å². The van der Waals surface area contributed by atoms with Gasteiger partial charge >= 0.3 is 0 Å². The minimum absolute atomic E-state index is 0.171. The van der Waals surface area contributed by atoms with Crippen LogP contribution in [0.2, 0.25) is 0 Å². The zero-order valence-electron chi connectivity index (χ0n) is 14.2. The molecule has 2 aromatic carbocycles. The molecule has 3 rings (SSSR count). The van der Waals surface area contributed by atoms with Crippen molar-refractivity contribution in [2.75, 3.05) is 11.8 Å². The molecular weight excluding hydrogens is 348 g/mol. The predicted molar refractivity (Wildman–Crippen MR) is 103 cm³/mol. The summed E-state index contributed by atoms with van der Waals surface area (Å²) >= 11 is 0. The number of pyridine rings is 1. The Morgan fingerprint density at radius 1 is 0.962 bits per heavy atom. The summed E-state index contributed by atoms with van der Waals surface area (Å²) in [6.45, 7) is 0. The monoisotopic (exact) mass is 366 g/mol. The number of methoxy groups -OCH3 is 1. The summed E-state index contributed by atoms with van der Waals surface area (Å²) in [5, 5.41) is 0. The van der Waals surface area contributed by atoms with E-state index in [1.165, 1.54) is 19.2 Å². The normalized spacial score (nSPS) is 11.4. The van der Waals surface area contributed by atoms with E-state index in [1.807, 2.05) is 36.4 Å². The van der Waals surface area contributed by atoms with Crippen molar-refractivity contribution in [1.29, 1.82) is 0 Å². The van der Waals surface area contributed by atoms with Gasteiger partial charge in [-0.1, -0.05) is 36.4 Å². The van der Waals surface area contributed by atoms with Gasteiger partial charge in [-0.2, -0.15) is 0 Å². The molecule has 0 saturated carbocycles. The van der Waals surface area contributed by atoms with E-state index in [0.717, 1.165) is 11.1 Å². The third-order valence-electron chi connectivity index (χ3n) is 3.71. The second-order valence-corrected chi connectivity index (χ2v) is 7.17. The van der Waals surface area contributed by atoms with Gasteiger partial charge in [0.05, 0.1) is 17.7 Å². The highest BCUT2D eigenvalue weighted by Crippen LogP contribution is 2.23. The Kier molecular flexibility index (Phi) is 5.34. The molecule has 1 N–H and O–H groups in total. The van der Waals surface area contributed by atoms with Crippen molar-refractivity contribution in [3.8, 4) is 5.75 Å². The molecule has 0 aliphatic heterocycles. The zero-order chi connectivity index (χ0) is 18.4. The lowest BCUT2D eigenvalue weighted by Crippen LogP contribution is -2.13. The lowest BCUT2D eigenvalue weighted by molar-refractivity contribution is 0.414. The maximum Gasteiger partial charge on any atom is 0.261 e. The van der Waals surface area contributed by atoms with Crippen LogP contribution in [0.25, 0.3) is 12.2 Å². The third kappa shape index (κ3) is 4.29. The molecule has 1 heterocycles. The van der Waals surface area contributed by atoms with Crippen LogP contribution in [0.1, 0.15) is 11.1 Å². The largest absolute Gasteiger partial charge is 0.497 e. The minimum atomic E-state index is -3.70. The average molecular weight is 366 g/mol. The first kappa shape index (κ1) is 17.7. The maximum atomic E-state index is 12.6. The van der Waals surface area contributed by atoms with Crippen LogP contribution in [-0.4, -0.2) is 20.5 Å². The summed E-state index contributed by atoms with van der Waals surface area (Å²) in [5.74, 6) is 0.601. The van der Waals surface area contributed by atoms with Gasteiger partial charge in [0, 0.05) is 12.4 Å². The summed E-state index contributed by atoms with van der Waals surface area (Å²) in [6.07, 6.45) is 7.17. The Balaban J connectivity index is 1.86. The number of aromatic nitrogens is 1. The molecule has 1 aromatic heterocycles. The molecule has 132 valence electrons. The highest BCUT2D eigenvalue weighted by Gasteiger charge is 2.15. The fraction of sp³-hybridized carbons (Fsp3) is 0.0500. The topological polar surface area (TPSA) is 68.3 Å². The van der Waals surface area contributed by atoms with E-state index in [1.54, 1.807) is 36.7 Å². The molecular formula is C20H18N2O3S. The highest BCUT2D eigenvalue weighted by molar-refractivity contribution is 7.92. The van der Waals surface area contributed by atoms with Gasteiger partial charge in [0.15, 0.2) is 0 Å². The minimum Gasteiger partial charge on any atom is -0.497 e. The summed E-state index contributed by atoms with van der Waals surface area (Å²) < 4.78 is 33.0. The number of hydrogen-bond donors (Lipinski definition) is 1. The van der Waals surface area contributed by atoms with Gasteiger partial charge in [0.2, 0.25) is 0 Å². The van der Waals surface area contributed by atoms with Crippen LogP contribution in [0.15, 0.2) is 78.0 Å². The average Bonchev–Trinajstić information content (AvgIpc) is 2.68. The van der Waals surface area contributed by atoms with Crippen molar-refractivity contribution >= 4 is 27.9 Å². The molecule has 0 saturated heterocycles. The van der Waals surface area contributed by atoms with Gasteiger partial charge in [-0.15, -0.1) is 0 Å². The van der Waals surface area contributed by atoms with Crippen LogP contribution in [0, 0.1) is 0 Å². The lowest BCUT2D eigenvalue weighted by Gasteiger charge is -2.11. The summed E-state index contributed by atoms with van der Waals surface area (Å²) in [5.41, 5.74) is 2.19. The first-order valence-electron chi connectivity index (χ1n) is 7.92. The Morgan fingerprint density at radius 2 is 1.73 bits per heavy atom. The van der Waals surface area contributed by atoms with E-state index < -0.39 is 10.0 Å². The number of para-hydroxylation sites is 1. The summed E-state index contributed by atoms with van der Waals surface area (Å²) in [6, 6.07) is 17.2. The smallest absolute Gasteiger partial charge is 0.261 e. The van der Waals surface area contributed by atoms with Crippen molar-refractivity contribution in [3.05, 3.63) is 84.2 Å². The number of sulfonamides is 1. The van der Waals surface area contributed by atoms with Gasteiger partial charge in [-0.25, -0.2) is 8.42 Å². The van der Waals surface area contributed by atoms with Crippen LogP contribution in [-0.2, 0) is 10.0 Å². The molecule has 0 atom stereocenters. The Hall–Kier alpha value is -3.12. The number of benzene rings is 2. The molecule has 5 nitrogen and oxygen atoms in total. The standard InChI is InChI=1S/C20H18N2O3S/c1-25-18-10-12-19(13-11-18)26(23,24)22-20-7-3-2-6-17(20)9-8-16-5-4-14-21-15-16/h2-15,22H,1H3/b9-8+. The van der Waals surface area contributed by atoms with E-state index in [4.69, 9.17) is 4.74 Å². The molecule has 3 aromatic rings. The molecule has 0 fully saturated rings. The molecule has 6 heteroatoms. The van der Waals surface area contributed by atoms with Gasteiger partial charge in [0.25, 0.3) is 10.0 Å². The Bertz CT molecular complexity index is 999. The fourth-order valence-electron chi connectivity index (χ4n) is 2.35. The van der Waals surface area contributed by atoms with E-state index in [2.05, 4.69) is 9.71 Å². The second-order valence-electron chi connectivity index (χ2n) is 5.49. The number of nitrogens with one attached hydrogen (secondary N) is 1. The predicted octanol–water partition coefficient (Wildman–Crippen LogP) is 4.06. The first-order chi connectivity index (χ1) is 12.6. The van der Waals surface area contributed by atoms with Crippen LogP contribution < -0.4 is 9.46 Å². The van der Waals surface area contributed by atoms with Crippen molar-refractivity contribution in [3.63, 3.8) is 0 Å². The number of nitrogens with zero attached hydrogens (tertiary/aromatic N) is 1. The van der Waals surface area contributed by atoms with Crippen LogP contribution in [0.3, 0.4) is 0 Å². The summed E-state index contributed by atoms with van der Waals surface area (Å²) in [4.78, 5) is 4.23. The molecule has 26 heavy (non-hydrogen) atoms. The molecule has 0 aliphatic rings. The molecule has 0 amide bonds. The van der Waals surface area contributed by atoms with E-state index in [9.17, 15) is 8.42 Å². The lowest BCUT2D eigenvalue weighted by atomic mass is 10.1. The van der Waals surface area contributed by atoms with Crippen molar-refractivity contribution in [1.82, 2.24) is 4.98 Å². The first-order valence-corrected chi connectivity index (χ1v) is 9.41. The van der Waals surface area contributed by atoms with Crippen molar-refractivity contribution in [2.45, 2.75) is 4.90 Å². The quantitative estimate of drug-likeness (QED) is 0.714. The third-order valence-corrected chi connectivity index (χ3v) is 5.10. The molecule has 0 spiro atoms. The van der Waals surface area contributed by atoms with Crippen LogP contribution >= 0.6 is 0 Å². The SMILES string of the molecule is COc1ccc(S(=O)(=O)Nc2ccccc2/C=C/c2cccnc2)cc1. The number of rotatable bonds is 6. The van der Waals surface area contributed by atoms with E-state index in [-0.39, 0.29) is 4.90 Å². The molecule has 0 aliphatic carbocycles. The molecule has 0 bridgehead atoms. The van der Waals surface area contributed by atoms with Gasteiger partial charge in [0.1, 0.15) is 5.75 Å². The number of hydrogen-bond acceptors (Lipinski definition) is 4. The van der Waals surface area contributed by atoms with Crippen molar-refractivity contribution in [2.24, 2.45) is 0 Å². The number of anilines is 1. The van der Waals surface area contributed by atoms with Crippen molar-refractivity contribution < 1.29 is 13.2 Å². The number of ether oxygens (including phenoxy) is 1. The summed E-state index contributed by atoms with van der Waals surface area (Å²) in [7, 11) is -2.16. The zero-order valence-corrected chi connectivity index (χ0v) is 15.0. The van der Waals surface area contributed by atoms with E-state index in [0.29, 0.717) is 11.4 Å². The fourth-order valence-corrected chi connectivity index (χ4v) is 3.44. The van der Waals surface area contributed by atoms with Gasteiger partial charge in [-0.05, 0) is 47.5 Å². The molecule has 0 unspecified atom stereocenters. The maximum absolute atomic E-state index is 12.6. The Morgan fingerprint density at radius 3 is 2.42 bits per heavy atom.